The monoisotopic (exact) mass is 552 g/mol. The summed E-state index contributed by atoms with van der Waals surface area (Å²) in [7, 11) is 0. The molecule has 0 aliphatic heterocycles. The van der Waals surface area contributed by atoms with Gasteiger partial charge in [0.1, 0.15) is 0 Å². The third kappa shape index (κ3) is 6.56. The average Bonchev–Trinajstić information content (AvgIpc) is 3.05. The van der Waals surface area contributed by atoms with Crippen molar-refractivity contribution in [1.29, 1.82) is 0 Å². The second kappa shape index (κ2) is 13.4. The molecule has 42 heavy (non-hydrogen) atoms. The van der Waals surface area contributed by atoms with E-state index in [1.54, 1.807) is 26.0 Å². The van der Waals surface area contributed by atoms with Crippen molar-refractivity contribution in [3.8, 4) is 22.3 Å². The summed E-state index contributed by atoms with van der Waals surface area (Å²) in [4.78, 5) is 25.4. The summed E-state index contributed by atoms with van der Waals surface area (Å²) in [5, 5.41) is 0. The zero-order chi connectivity index (χ0) is 29.3. The smallest absolute Gasteiger partial charge is 0.339 e. The van der Waals surface area contributed by atoms with Crippen LogP contribution in [0.25, 0.3) is 33.9 Å². The number of benzene rings is 5. The van der Waals surface area contributed by atoms with E-state index < -0.39 is 11.9 Å². The van der Waals surface area contributed by atoms with Crippen LogP contribution in [-0.4, -0.2) is 25.2 Å². The van der Waals surface area contributed by atoms with Gasteiger partial charge in [-0.05, 0) is 76.6 Å². The van der Waals surface area contributed by atoms with Crippen molar-refractivity contribution < 1.29 is 19.1 Å². The number of ether oxygens (including phenoxy) is 2. The van der Waals surface area contributed by atoms with Crippen molar-refractivity contribution in [2.24, 2.45) is 0 Å². The molecule has 4 nitrogen and oxygen atoms in total. The van der Waals surface area contributed by atoms with Crippen molar-refractivity contribution >= 4 is 23.6 Å². The second-order valence-electron chi connectivity index (χ2n) is 9.69. The third-order valence-corrected chi connectivity index (χ3v) is 6.95. The van der Waals surface area contributed by atoms with Gasteiger partial charge < -0.3 is 9.47 Å². The molecule has 0 aromatic heterocycles. The van der Waals surface area contributed by atoms with Crippen LogP contribution in [0.2, 0.25) is 0 Å². The van der Waals surface area contributed by atoms with Gasteiger partial charge in [-0.25, -0.2) is 9.59 Å². The molecule has 0 N–H and O–H groups in total. The first-order chi connectivity index (χ1) is 20.6. The highest BCUT2D eigenvalue weighted by atomic mass is 16.5. The van der Waals surface area contributed by atoms with Crippen LogP contribution in [0.1, 0.15) is 51.3 Å². The molecule has 0 heterocycles. The lowest BCUT2D eigenvalue weighted by molar-refractivity contribution is 0.0479. The zero-order valence-electron chi connectivity index (χ0n) is 23.7. The van der Waals surface area contributed by atoms with E-state index in [0.29, 0.717) is 0 Å². The molecule has 0 amide bonds. The Morgan fingerprint density at radius 1 is 0.524 bits per heavy atom. The lowest BCUT2D eigenvalue weighted by Gasteiger charge is -2.13. The highest BCUT2D eigenvalue weighted by Crippen LogP contribution is 2.31. The second-order valence-corrected chi connectivity index (χ2v) is 9.69. The molecule has 5 aromatic carbocycles. The Kier molecular flexibility index (Phi) is 9.05. The van der Waals surface area contributed by atoms with Crippen molar-refractivity contribution in [3.63, 3.8) is 0 Å². The molecule has 0 bridgehead atoms. The van der Waals surface area contributed by atoms with Crippen molar-refractivity contribution in [2.45, 2.75) is 13.8 Å². The molecule has 0 fully saturated rings. The quantitative estimate of drug-likeness (QED) is 0.135. The number of hydrogen-bond acceptors (Lipinski definition) is 4. The Morgan fingerprint density at radius 3 is 1.40 bits per heavy atom. The van der Waals surface area contributed by atoms with E-state index in [0.717, 1.165) is 44.5 Å². The van der Waals surface area contributed by atoms with E-state index in [-0.39, 0.29) is 24.3 Å². The van der Waals surface area contributed by atoms with Gasteiger partial charge in [0.05, 0.1) is 24.3 Å². The predicted molar refractivity (Wildman–Crippen MR) is 169 cm³/mol. The highest BCUT2D eigenvalue weighted by molar-refractivity contribution is 6.04. The largest absolute Gasteiger partial charge is 0.462 e. The fourth-order valence-corrected chi connectivity index (χ4v) is 4.86. The maximum atomic E-state index is 12.8. The first-order valence-electron chi connectivity index (χ1n) is 14.1. The summed E-state index contributed by atoms with van der Waals surface area (Å²) in [6.07, 6.45) is 2.03. The number of esters is 2. The summed E-state index contributed by atoms with van der Waals surface area (Å²) in [5.74, 6) is -1.11. The molecule has 0 saturated heterocycles. The fourth-order valence-electron chi connectivity index (χ4n) is 4.86. The van der Waals surface area contributed by atoms with E-state index >= 15 is 0 Å². The van der Waals surface area contributed by atoms with E-state index in [2.05, 4.69) is 72.8 Å². The summed E-state index contributed by atoms with van der Waals surface area (Å²) in [6, 6.07) is 42.6. The van der Waals surface area contributed by atoms with E-state index in [4.69, 9.17) is 9.47 Å². The average molecular weight is 553 g/mol. The summed E-state index contributed by atoms with van der Waals surface area (Å²) < 4.78 is 10.5. The van der Waals surface area contributed by atoms with Crippen LogP contribution in [0.3, 0.4) is 0 Å². The molecule has 4 heteroatoms. The van der Waals surface area contributed by atoms with Gasteiger partial charge in [0.15, 0.2) is 0 Å². The number of carbonyl (C=O) groups is 2. The van der Waals surface area contributed by atoms with E-state index in [1.165, 1.54) is 0 Å². The first-order valence-corrected chi connectivity index (χ1v) is 14.1. The number of carbonyl (C=O) groups excluding carboxylic acids is 2. The molecule has 0 atom stereocenters. The Hall–Kier alpha value is -5.22. The van der Waals surface area contributed by atoms with Gasteiger partial charge in [0.25, 0.3) is 0 Å². The summed E-state index contributed by atoms with van der Waals surface area (Å²) in [6.45, 7) is 3.89. The van der Waals surface area contributed by atoms with Crippen LogP contribution in [-0.2, 0) is 9.47 Å². The fraction of sp³-hybridized carbons (Fsp3) is 0.105. The maximum Gasteiger partial charge on any atom is 0.339 e. The lowest BCUT2D eigenvalue weighted by Crippen LogP contribution is -2.14. The normalized spacial score (nSPS) is 10.5. The van der Waals surface area contributed by atoms with Crippen LogP contribution < -0.4 is 0 Å². The molecule has 0 radical (unpaired) electrons. The summed E-state index contributed by atoms with van der Waals surface area (Å²) in [5.41, 5.74) is 8.71. The topological polar surface area (TPSA) is 52.6 Å². The van der Waals surface area contributed by atoms with Gasteiger partial charge in [-0.1, -0.05) is 115 Å². The zero-order valence-corrected chi connectivity index (χ0v) is 23.7. The van der Waals surface area contributed by atoms with E-state index in [9.17, 15) is 9.59 Å². The van der Waals surface area contributed by atoms with Crippen LogP contribution >= 0.6 is 0 Å². The van der Waals surface area contributed by atoms with Crippen molar-refractivity contribution in [1.82, 2.24) is 0 Å². The van der Waals surface area contributed by atoms with E-state index in [1.807, 2.05) is 48.5 Å². The number of rotatable bonds is 9. The minimum absolute atomic E-state index is 0.183. The van der Waals surface area contributed by atoms with Gasteiger partial charge in [0, 0.05) is 0 Å². The lowest BCUT2D eigenvalue weighted by atomic mass is 9.92. The van der Waals surface area contributed by atoms with Crippen LogP contribution in [0.4, 0.5) is 0 Å². The molecule has 0 unspecified atom stereocenters. The van der Waals surface area contributed by atoms with Gasteiger partial charge in [-0.15, -0.1) is 0 Å². The predicted octanol–water partition coefficient (Wildman–Crippen LogP) is 8.96. The molecule has 208 valence electrons. The number of hydrogen-bond donors (Lipinski definition) is 0. The van der Waals surface area contributed by atoms with Gasteiger partial charge in [-0.2, -0.15) is 0 Å². The van der Waals surface area contributed by atoms with Crippen LogP contribution in [0.15, 0.2) is 127 Å². The summed E-state index contributed by atoms with van der Waals surface area (Å²) >= 11 is 0. The molecule has 0 saturated carbocycles. The van der Waals surface area contributed by atoms with Gasteiger partial charge >= 0.3 is 11.9 Å². The Morgan fingerprint density at radius 2 is 0.952 bits per heavy atom. The van der Waals surface area contributed by atoms with Gasteiger partial charge in [-0.3, -0.25) is 0 Å². The first kappa shape index (κ1) is 28.3. The Balaban J connectivity index is 1.60. The maximum absolute atomic E-state index is 12.8. The van der Waals surface area contributed by atoms with Crippen molar-refractivity contribution in [3.05, 3.63) is 155 Å². The van der Waals surface area contributed by atoms with Crippen molar-refractivity contribution in [2.75, 3.05) is 13.2 Å². The van der Waals surface area contributed by atoms with Crippen LogP contribution in [0, 0.1) is 0 Å². The molecule has 0 aliphatic carbocycles. The molecule has 0 aliphatic rings. The minimum Gasteiger partial charge on any atom is -0.462 e. The molecule has 0 spiro atoms. The molecule has 5 rings (SSSR count). The molecular formula is C38H32O4. The van der Waals surface area contributed by atoms with Gasteiger partial charge in [0.2, 0.25) is 0 Å². The Bertz CT molecular complexity index is 1600. The van der Waals surface area contributed by atoms with Crippen LogP contribution in [0.5, 0.6) is 0 Å². The Labute approximate surface area is 246 Å². The minimum atomic E-state index is -0.559. The standard InChI is InChI=1S/C38H32O4/c1-3-41-37(39)34-24-15-27(26-36(34)38(40)42-4-2)25-35(32-20-16-30(17-21-32)28-11-7-5-8-12-28)33-22-18-31(19-23-33)29-13-9-6-10-14-29/h5-26H,3-4H2,1-2H3. The SMILES string of the molecule is CCOC(=O)c1ccc(C=C(c2ccc(-c3ccccc3)cc2)c2ccc(-c3ccccc3)cc2)cc1C(=O)OCC. The molecule has 5 aromatic rings. The molecular weight excluding hydrogens is 520 g/mol. The highest BCUT2D eigenvalue weighted by Gasteiger charge is 2.20. The third-order valence-electron chi connectivity index (χ3n) is 6.95.